The number of fused-ring (bicyclic) bond motifs is 2. The van der Waals surface area contributed by atoms with Crippen LogP contribution in [0.15, 0.2) is 53.7 Å². The van der Waals surface area contributed by atoms with Crippen molar-refractivity contribution < 1.29 is 19.4 Å². The molecule has 0 spiro atoms. The van der Waals surface area contributed by atoms with E-state index < -0.39 is 0 Å². The van der Waals surface area contributed by atoms with Gasteiger partial charge in [-0.2, -0.15) is 0 Å². The summed E-state index contributed by atoms with van der Waals surface area (Å²) >= 11 is 0. The molecule has 1 fully saturated rings. The Morgan fingerprint density at radius 2 is 2.03 bits per heavy atom. The van der Waals surface area contributed by atoms with Crippen molar-refractivity contribution in [2.24, 2.45) is 5.16 Å². The lowest BCUT2D eigenvalue weighted by atomic mass is 10.1. The third-order valence-electron chi connectivity index (χ3n) is 5.90. The zero-order valence-electron chi connectivity index (χ0n) is 19.2. The molecule has 1 saturated heterocycles. The van der Waals surface area contributed by atoms with E-state index in [9.17, 15) is 5.11 Å². The first-order chi connectivity index (χ1) is 16.7. The fourth-order valence-corrected chi connectivity index (χ4v) is 4.16. The number of rotatable bonds is 8. The number of oxime groups is 1. The van der Waals surface area contributed by atoms with E-state index in [1.165, 1.54) is 0 Å². The molecule has 2 aromatic carbocycles. The summed E-state index contributed by atoms with van der Waals surface area (Å²) in [6.45, 7) is 7.41. The molecular weight excluding hydrogens is 432 g/mol. The molecule has 0 bridgehead atoms. The summed E-state index contributed by atoms with van der Waals surface area (Å²) in [5.41, 5.74) is 3.90. The van der Waals surface area contributed by atoms with Gasteiger partial charge in [0, 0.05) is 35.9 Å². The standard InChI is InChI=1S/C26H28N4O4/c1-2-34-27-17-18-3-6-21-24(15-18)29-26(31)25(21)23-7-4-19-16-20(5-8-22(19)28-23)33-14-11-30-9-12-32-13-10-30/h3-8,15-17,29,31H,2,9-14H2,1H3. The first-order valence-corrected chi connectivity index (χ1v) is 11.6. The number of nitrogens with zero attached hydrogens (tertiary/aromatic N) is 3. The van der Waals surface area contributed by atoms with E-state index >= 15 is 0 Å². The number of aromatic nitrogens is 2. The SMILES string of the molecule is CCON=Cc1ccc2c(-c3ccc4cc(OCCN5CCOCC5)ccc4n3)c(O)[nH]c2c1. The molecule has 34 heavy (non-hydrogen) atoms. The number of morpholine rings is 1. The van der Waals surface area contributed by atoms with E-state index in [1.54, 1.807) is 6.21 Å². The molecule has 0 amide bonds. The maximum atomic E-state index is 10.6. The van der Waals surface area contributed by atoms with Crippen LogP contribution >= 0.6 is 0 Å². The van der Waals surface area contributed by atoms with Gasteiger partial charge in [-0.05, 0) is 42.8 Å². The second-order valence-corrected chi connectivity index (χ2v) is 8.16. The molecule has 3 heterocycles. The van der Waals surface area contributed by atoms with Crippen molar-refractivity contribution in [3.05, 3.63) is 54.1 Å². The Balaban J connectivity index is 1.34. The molecule has 5 rings (SSSR count). The van der Waals surface area contributed by atoms with E-state index in [4.69, 9.17) is 19.3 Å². The Kier molecular flexibility index (Phi) is 6.60. The first kappa shape index (κ1) is 22.2. The summed E-state index contributed by atoms with van der Waals surface area (Å²) in [7, 11) is 0. The zero-order chi connectivity index (χ0) is 23.3. The maximum absolute atomic E-state index is 10.6. The van der Waals surface area contributed by atoms with Crippen LogP contribution in [0.1, 0.15) is 12.5 Å². The molecule has 4 aromatic rings. The summed E-state index contributed by atoms with van der Waals surface area (Å²) in [6.07, 6.45) is 1.65. The average Bonchev–Trinajstić information content (AvgIpc) is 3.19. The normalized spacial score (nSPS) is 14.9. The van der Waals surface area contributed by atoms with Gasteiger partial charge in [0.15, 0.2) is 5.88 Å². The van der Waals surface area contributed by atoms with Gasteiger partial charge in [0.25, 0.3) is 0 Å². The highest BCUT2D eigenvalue weighted by Crippen LogP contribution is 2.36. The monoisotopic (exact) mass is 460 g/mol. The van der Waals surface area contributed by atoms with Crippen molar-refractivity contribution in [3.8, 4) is 22.9 Å². The molecule has 0 unspecified atom stereocenters. The van der Waals surface area contributed by atoms with Crippen molar-refractivity contribution in [2.45, 2.75) is 6.92 Å². The third kappa shape index (κ3) is 4.83. The fraction of sp³-hybridized carbons (Fsp3) is 0.308. The number of aromatic amines is 1. The first-order valence-electron chi connectivity index (χ1n) is 11.6. The van der Waals surface area contributed by atoms with Crippen LogP contribution in [0.4, 0.5) is 0 Å². The molecule has 0 aliphatic carbocycles. The van der Waals surface area contributed by atoms with E-state index in [2.05, 4.69) is 15.0 Å². The quantitative estimate of drug-likeness (QED) is 0.303. The van der Waals surface area contributed by atoms with Crippen LogP contribution in [0, 0.1) is 0 Å². The minimum absolute atomic E-state index is 0.0869. The molecule has 0 saturated carbocycles. The number of ether oxygens (including phenoxy) is 2. The van der Waals surface area contributed by atoms with Gasteiger partial charge in [0.05, 0.1) is 36.2 Å². The Morgan fingerprint density at radius 1 is 1.15 bits per heavy atom. The van der Waals surface area contributed by atoms with Crippen LogP contribution in [0.2, 0.25) is 0 Å². The molecule has 8 nitrogen and oxygen atoms in total. The number of H-pyrrole nitrogens is 1. The second kappa shape index (κ2) is 10.1. The van der Waals surface area contributed by atoms with E-state index in [1.807, 2.05) is 55.5 Å². The van der Waals surface area contributed by atoms with Crippen molar-refractivity contribution in [3.63, 3.8) is 0 Å². The molecule has 2 N–H and O–H groups in total. The van der Waals surface area contributed by atoms with E-state index in [0.29, 0.717) is 24.5 Å². The van der Waals surface area contributed by atoms with Gasteiger partial charge in [0.2, 0.25) is 0 Å². The molecule has 176 valence electrons. The topological polar surface area (TPSA) is 92.2 Å². The molecule has 1 aliphatic heterocycles. The Morgan fingerprint density at radius 3 is 2.88 bits per heavy atom. The number of pyridine rings is 1. The average molecular weight is 461 g/mol. The van der Waals surface area contributed by atoms with Crippen LogP contribution in [0.25, 0.3) is 33.1 Å². The molecule has 2 aromatic heterocycles. The molecule has 8 heteroatoms. The van der Waals surface area contributed by atoms with Crippen LogP contribution in [-0.4, -0.2) is 72.3 Å². The maximum Gasteiger partial charge on any atom is 0.199 e. The van der Waals surface area contributed by atoms with Crippen LogP contribution in [0.3, 0.4) is 0 Å². The van der Waals surface area contributed by atoms with Crippen molar-refractivity contribution in [1.82, 2.24) is 14.9 Å². The Labute approximate surface area is 197 Å². The van der Waals surface area contributed by atoms with E-state index in [0.717, 1.165) is 66.0 Å². The number of nitrogens with one attached hydrogen (secondary N) is 1. The predicted molar refractivity (Wildman–Crippen MR) is 133 cm³/mol. The lowest BCUT2D eigenvalue weighted by molar-refractivity contribution is 0.0322. The number of benzene rings is 2. The smallest absolute Gasteiger partial charge is 0.199 e. The molecule has 0 atom stereocenters. The minimum atomic E-state index is 0.0869. The largest absolute Gasteiger partial charge is 0.494 e. The predicted octanol–water partition coefficient (Wildman–Crippen LogP) is 4.17. The number of aromatic hydroxyl groups is 1. The highest BCUT2D eigenvalue weighted by Gasteiger charge is 2.15. The Hall–Kier alpha value is -3.62. The van der Waals surface area contributed by atoms with E-state index in [-0.39, 0.29) is 5.88 Å². The van der Waals surface area contributed by atoms with Gasteiger partial charge in [0.1, 0.15) is 19.0 Å². The van der Waals surface area contributed by atoms with Gasteiger partial charge in [-0.15, -0.1) is 0 Å². The van der Waals surface area contributed by atoms with Crippen molar-refractivity contribution >= 4 is 28.0 Å². The van der Waals surface area contributed by atoms with Crippen LogP contribution in [0.5, 0.6) is 11.6 Å². The fourth-order valence-electron chi connectivity index (χ4n) is 4.16. The third-order valence-corrected chi connectivity index (χ3v) is 5.90. The highest BCUT2D eigenvalue weighted by atomic mass is 16.6. The molecular formula is C26H28N4O4. The van der Waals surface area contributed by atoms with Gasteiger partial charge >= 0.3 is 0 Å². The minimum Gasteiger partial charge on any atom is -0.494 e. The van der Waals surface area contributed by atoms with Gasteiger partial charge in [-0.3, -0.25) is 4.90 Å². The lowest BCUT2D eigenvalue weighted by Gasteiger charge is -2.26. The summed E-state index contributed by atoms with van der Waals surface area (Å²) in [4.78, 5) is 15.2. The second-order valence-electron chi connectivity index (χ2n) is 8.16. The van der Waals surface area contributed by atoms with Crippen molar-refractivity contribution in [1.29, 1.82) is 0 Å². The number of hydrogen-bond donors (Lipinski definition) is 2. The molecule has 1 aliphatic rings. The van der Waals surface area contributed by atoms with Crippen LogP contribution < -0.4 is 4.74 Å². The summed E-state index contributed by atoms with van der Waals surface area (Å²) < 4.78 is 11.4. The van der Waals surface area contributed by atoms with Crippen LogP contribution in [-0.2, 0) is 9.57 Å². The zero-order valence-corrected chi connectivity index (χ0v) is 19.2. The Bertz CT molecular complexity index is 1310. The lowest BCUT2D eigenvalue weighted by Crippen LogP contribution is -2.38. The number of hydrogen-bond acceptors (Lipinski definition) is 7. The highest BCUT2D eigenvalue weighted by molar-refractivity contribution is 6.01. The van der Waals surface area contributed by atoms with Gasteiger partial charge in [-0.1, -0.05) is 23.4 Å². The summed E-state index contributed by atoms with van der Waals surface area (Å²) in [6, 6.07) is 15.6. The van der Waals surface area contributed by atoms with Gasteiger partial charge in [-0.25, -0.2) is 4.98 Å². The van der Waals surface area contributed by atoms with Gasteiger partial charge < -0.3 is 24.4 Å². The van der Waals surface area contributed by atoms with Crippen molar-refractivity contribution in [2.75, 3.05) is 46.1 Å². The summed E-state index contributed by atoms with van der Waals surface area (Å²) in [5, 5.41) is 16.4. The summed E-state index contributed by atoms with van der Waals surface area (Å²) in [5.74, 6) is 0.912. The molecule has 0 radical (unpaired) electrons.